The Morgan fingerprint density at radius 2 is 1.95 bits per heavy atom. The van der Waals surface area contributed by atoms with Gasteiger partial charge in [-0.05, 0) is 25.9 Å². The Morgan fingerprint density at radius 1 is 1.30 bits per heavy atom. The van der Waals surface area contributed by atoms with Crippen molar-refractivity contribution in [1.82, 2.24) is 9.62 Å². The average Bonchev–Trinajstić information content (AvgIpc) is 2.93. The van der Waals surface area contributed by atoms with Gasteiger partial charge in [0, 0.05) is 13.1 Å². The molecular formula is C13H26N2O4S. The summed E-state index contributed by atoms with van der Waals surface area (Å²) in [5.41, 5.74) is 0. The summed E-state index contributed by atoms with van der Waals surface area (Å²) in [6.07, 6.45) is 1.87. The number of likely N-dealkylation sites (N-methyl/N-ethyl adjacent to an activating group) is 1. The van der Waals surface area contributed by atoms with Gasteiger partial charge in [0.15, 0.2) is 0 Å². The zero-order valence-electron chi connectivity index (χ0n) is 12.6. The van der Waals surface area contributed by atoms with Crippen molar-refractivity contribution in [3.05, 3.63) is 0 Å². The third-order valence-electron chi connectivity index (χ3n) is 3.98. The van der Waals surface area contributed by atoms with Gasteiger partial charge in [0.2, 0.25) is 10.0 Å². The van der Waals surface area contributed by atoms with Crippen LogP contribution in [-0.2, 0) is 19.6 Å². The highest BCUT2D eigenvalue weighted by atomic mass is 32.2. The van der Waals surface area contributed by atoms with Crippen LogP contribution in [0.15, 0.2) is 0 Å². The summed E-state index contributed by atoms with van der Waals surface area (Å²) in [6, 6.07) is 0. The molecule has 0 aliphatic heterocycles. The molecule has 1 N–H and O–H groups in total. The smallest absolute Gasteiger partial charge is 0.310 e. The first-order valence-electron chi connectivity index (χ1n) is 7.24. The van der Waals surface area contributed by atoms with Crippen molar-refractivity contribution in [3.8, 4) is 0 Å². The van der Waals surface area contributed by atoms with E-state index in [2.05, 4.69) is 9.62 Å². The normalized spacial score (nSPS) is 23.2. The first-order chi connectivity index (χ1) is 9.46. The quantitative estimate of drug-likeness (QED) is 0.664. The highest BCUT2D eigenvalue weighted by molar-refractivity contribution is 7.90. The summed E-state index contributed by atoms with van der Waals surface area (Å²) in [5, 5.41) is -0.647. The minimum absolute atomic E-state index is 0.383. The number of nitrogens with zero attached hydrogens (tertiary/aromatic N) is 1. The van der Waals surface area contributed by atoms with E-state index in [0.29, 0.717) is 25.9 Å². The van der Waals surface area contributed by atoms with E-state index in [0.717, 1.165) is 19.5 Å². The average molecular weight is 306 g/mol. The zero-order chi connectivity index (χ0) is 15.2. The maximum atomic E-state index is 12.3. The molecule has 0 heterocycles. The molecule has 2 atom stereocenters. The van der Waals surface area contributed by atoms with E-state index in [1.807, 2.05) is 13.8 Å². The molecule has 1 rings (SSSR count). The van der Waals surface area contributed by atoms with Crippen molar-refractivity contribution in [3.63, 3.8) is 0 Å². The summed E-state index contributed by atoms with van der Waals surface area (Å²) in [4.78, 5) is 13.8. The highest BCUT2D eigenvalue weighted by Gasteiger charge is 2.41. The molecule has 0 aromatic rings. The third kappa shape index (κ3) is 4.43. The van der Waals surface area contributed by atoms with Crippen LogP contribution < -0.4 is 4.72 Å². The fourth-order valence-electron chi connectivity index (χ4n) is 2.71. The lowest BCUT2D eigenvalue weighted by atomic mass is 10.1. The number of carbonyl (C=O) groups excluding carboxylic acids is 1. The van der Waals surface area contributed by atoms with E-state index in [4.69, 9.17) is 4.74 Å². The Morgan fingerprint density at radius 3 is 2.50 bits per heavy atom. The van der Waals surface area contributed by atoms with Gasteiger partial charge in [0.25, 0.3) is 0 Å². The van der Waals surface area contributed by atoms with E-state index in [1.54, 1.807) is 0 Å². The van der Waals surface area contributed by atoms with E-state index in [9.17, 15) is 13.2 Å². The van der Waals surface area contributed by atoms with Gasteiger partial charge in [0.05, 0.1) is 18.3 Å². The SMILES string of the molecule is CCN(CC)CCNS(=O)(=O)C1CCCC1C(=O)OC. The zero-order valence-corrected chi connectivity index (χ0v) is 13.4. The fraction of sp³-hybridized carbons (Fsp3) is 0.923. The Hall–Kier alpha value is -0.660. The van der Waals surface area contributed by atoms with Crippen molar-refractivity contribution in [1.29, 1.82) is 0 Å². The molecule has 20 heavy (non-hydrogen) atoms. The van der Waals surface area contributed by atoms with Gasteiger partial charge in [-0.2, -0.15) is 0 Å². The van der Waals surface area contributed by atoms with Crippen LogP contribution in [0.5, 0.6) is 0 Å². The summed E-state index contributed by atoms with van der Waals surface area (Å²) >= 11 is 0. The topological polar surface area (TPSA) is 75.7 Å². The first kappa shape index (κ1) is 17.4. The molecule has 7 heteroatoms. The summed E-state index contributed by atoms with van der Waals surface area (Å²) in [7, 11) is -2.15. The molecule has 1 aliphatic carbocycles. The van der Waals surface area contributed by atoms with Crippen molar-refractivity contribution in [2.24, 2.45) is 5.92 Å². The Kier molecular flexibility index (Phi) is 6.91. The predicted molar refractivity (Wildman–Crippen MR) is 77.9 cm³/mol. The van der Waals surface area contributed by atoms with Gasteiger partial charge in [-0.1, -0.05) is 20.3 Å². The van der Waals surface area contributed by atoms with Gasteiger partial charge >= 0.3 is 5.97 Å². The van der Waals surface area contributed by atoms with E-state index in [1.165, 1.54) is 7.11 Å². The summed E-state index contributed by atoms with van der Waals surface area (Å²) in [6.45, 7) is 6.94. The van der Waals surface area contributed by atoms with Gasteiger partial charge in [-0.15, -0.1) is 0 Å². The van der Waals surface area contributed by atoms with Crippen LogP contribution in [-0.4, -0.2) is 57.8 Å². The second-order valence-corrected chi connectivity index (χ2v) is 7.05. The van der Waals surface area contributed by atoms with Crippen LogP contribution in [0.1, 0.15) is 33.1 Å². The van der Waals surface area contributed by atoms with Crippen molar-refractivity contribution in [2.45, 2.75) is 38.4 Å². The molecule has 0 bridgehead atoms. The molecule has 0 saturated heterocycles. The molecule has 0 spiro atoms. The molecule has 0 aromatic carbocycles. The Labute approximate surface area is 121 Å². The number of nitrogens with one attached hydrogen (secondary N) is 1. The number of carbonyl (C=O) groups is 1. The molecule has 0 aromatic heterocycles. The van der Waals surface area contributed by atoms with Crippen LogP contribution in [0, 0.1) is 5.92 Å². The number of ether oxygens (including phenoxy) is 1. The molecule has 0 radical (unpaired) electrons. The Balaban J connectivity index is 2.57. The number of sulfonamides is 1. The van der Waals surface area contributed by atoms with E-state index >= 15 is 0 Å². The minimum Gasteiger partial charge on any atom is -0.469 e. The lowest BCUT2D eigenvalue weighted by Crippen LogP contribution is -2.42. The summed E-state index contributed by atoms with van der Waals surface area (Å²) < 4.78 is 31.9. The largest absolute Gasteiger partial charge is 0.469 e. The van der Waals surface area contributed by atoms with Crippen molar-refractivity contribution < 1.29 is 17.9 Å². The minimum atomic E-state index is -3.45. The van der Waals surface area contributed by atoms with Gasteiger partial charge in [-0.3, -0.25) is 4.79 Å². The lowest BCUT2D eigenvalue weighted by Gasteiger charge is -2.21. The van der Waals surface area contributed by atoms with E-state index < -0.39 is 27.2 Å². The maximum absolute atomic E-state index is 12.3. The monoisotopic (exact) mass is 306 g/mol. The van der Waals surface area contributed by atoms with Gasteiger partial charge in [0.1, 0.15) is 0 Å². The number of hydrogen-bond acceptors (Lipinski definition) is 5. The second-order valence-electron chi connectivity index (χ2n) is 5.07. The molecular weight excluding hydrogens is 280 g/mol. The van der Waals surface area contributed by atoms with Gasteiger partial charge in [-0.25, -0.2) is 13.1 Å². The van der Waals surface area contributed by atoms with Crippen LogP contribution in [0.4, 0.5) is 0 Å². The molecule has 1 fully saturated rings. The molecule has 6 nitrogen and oxygen atoms in total. The van der Waals surface area contributed by atoms with Gasteiger partial charge < -0.3 is 9.64 Å². The third-order valence-corrected chi connectivity index (χ3v) is 5.95. The molecule has 1 saturated carbocycles. The van der Waals surface area contributed by atoms with Crippen LogP contribution in [0.25, 0.3) is 0 Å². The lowest BCUT2D eigenvalue weighted by molar-refractivity contribution is -0.145. The highest BCUT2D eigenvalue weighted by Crippen LogP contribution is 2.31. The molecule has 118 valence electrons. The number of hydrogen-bond donors (Lipinski definition) is 1. The number of methoxy groups -OCH3 is 1. The first-order valence-corrected chi connectivity index (χ1v) is 8.79. The van der Waals surface area contributed by atoms with Crippen LogP contribution >= 0.6 is 0 Å². The molecule has 0 amide bonds. The number of rotatable bonds is 8. The van der Waals surface area contributed by atoms with Crippen LogP contribution in [0.2, 0.25) is 0 Å². The standard InChI is InChI=1S/C13H26N2O4S/c1-4-15(5-2)10-9-14-20(17,18)12-8-6-7-11(12)13(16)19-3/h11-12,14H,4-10H2,1-3H3. The Bertz CT molecular complexity index is 407. The van der Waals surface area contributed by atoms with Crippen molar-refractivity contribution in [2.75, 3.05) is 33.3 Å². The summed E-state index contributed by atoms with van der Waals surface area (Å²) in [5.74, 6) is -0.937. The molecule has 2 unspecified atom stereocenters. The predicted octanol–water partition coefficient (Wildman–Crippen LogP) is 0.589. The maximum Gasteiger partial charge on any atom is 0.310 e. The van der Waals surface area contributed by atoms with E-state index in [-0.39, 0.29) is 0 Å². The second kappa shape index (κ2) is 7.95. The van der Waals surface area contributed by atoms with Crippen molar-refractivity contribution >= 4 is 16.0 Å². The molecule has 1 aliphatic rings. The van der Waals surface area contributed by atoms with Crippen LogP contribution in [0.3, 0.4) is 0 Å². The fourth-order valence-corrected chi connectivity index (χ4v) is 4.46. The number of esters is 1.